The second kappa shape index (κ2) is 9.43. The molecular formula is C23H27N7O3. The number of carbonyl (C=O) groups excluding carboxylic acids is 1. The van der Waals surface area contributed by atoms with Crippen molar-refractivity contribution in [3.8, 4) is 5.88 Å². The van der Waals surface area contributed by atoms with Gasteiger partial charge < -0.3 is 20.1 Å². The summed E-state index contributed by atoms with van der Waals surface area (Å²) in [5.41, 5.74) is 1.43. The van der Waals surface area contributed by atoms with Crippen molar-refractivity contribution in [3.05, 3.63) is 36.8 Å². The Hall–Kier alpha value is -3.69. The van der Waals surface area contributed by atoms with Gasteiger partial charge in [0, 0.05) is 24.2 Å². The van der Waals surface area contributed by atoms with E-state index in [1.54, 1.807) is 25.7 Å². The zero-order chi connectivity index (χ0) is 22.6. The second-order valence-corrected chi connectivity index (χ2v) is 8.36. The quantitative estimate of drug-likeness (QED) is 0.559. The van der Waals surface area contributed by atoms with Crippen LogP contribution in [-0.2, 0) is 4.74 Å². The number of cyclic esters (lactones) is 1. The smallest absolute Gasteiger partial charge is 0.414 e. The maximum absolute atomic E-state index is 11.6. The van der Waals surface area contributed by atoms with E-state index in [0.717, 1.165) is 48.9 Å². The maximum atomic E-state index is 11.6. The van der Waals surface area contributed by atoms with Crippen LogP contribution in [-0.4, -0.2) is 58.9 Å². The fourth-order valence-corrected chi connectivity index (χ4v) is 4.39. The molecule has 3 aromatic heterocycles. The molecule has 2 aliphatic rings. The van der Waals surface area contributed by atoms with Crippen LogP contribution in [0.1, 0.15) is 25.7 Å². The number of hydrogen-bond donors (Lipinski definition) is 2. The summed E-state index contributed by atoms with van der Waals surface area (Å²) in [6, 6.07) is 6.38. The van der Waals surface area contributed by atoms with Gasteiger partial charge in [0.2, 0.25) is 11.8 Å². The van der Waals surface area contributed by atoms with Crippen LogP contribution in [0.25, 0.3) is 10.9 Å². The highest BCUT2D eigenvalue weighted by molar-refractivity contribution is 5.88. The first kappa shape index (κ1) is 21.2. The number of nitrogens with one attached hydrogen (secondary N) is 2. The molecule has 172 valence electrons. The Morgan fingerprint density at radius 2 is 1.94 bits per heavy atom. The molecule has 3 aromatic rings. The highest BCUT2D eigenvalue weighted by Crippen LogP contribution is 2.28. The average Bonchev–Trinajstić information content (AvgIpc) is 3.29. The Labute approximate surface area is 191 Å². The molecule has 33 heavy (non-hydrogen) atoms. The molecule has 1 aliphatic heterocycles. The van der Waals surface area contributed by atoms with Crippen LogP contribution < -0.4 is 20.3 Å². The minimum Gasteiger partial charge on any atom is -0.479 e. The van der Waals surface area contributed by atoms with Crippen LogP contribution in [0, 0.1) is 5.92 Å². The molecule has 10 heteroatoms. The first-order valence-corrected chi connectivity index (χ1v) is 11.3. The van der Waals surface area contributed by atoms with Crippen LogP contribution in [0.3, 0.4) is 0 Å². The van der Waals surface area contributed by atoms with E-state index in [1.807, 2.05) is 18.2 Å². The molecule has 5 rings (SSSR count). The summed E-state index contributed by atoms with van der Waals surface area (Å²) < 4.78 is 10.3. The van der Waals surface area contributed by atoms with E-state index in [2.05, 4.69) is 25.6 Å². The van der Waals surface area contributed by atoms with Gasteiger partial charge in [-0.3, -0.25) is 4.90 Å². The lowest BCUT2D eigenvalue weighted by molar-refractivity contribution is 0.181. The fourth-order valence-electron chi connectivity index (χ4n) is 4.39. The number of nitrogens with zero attached hydrogens (tertiary/aromatic N) is 5. The zero-order valence-electron chi connectivity index (χ0n) is 18.5. The first-order valence-electron chi connectivity index (χ1n) is 11.3. The van der Waals surface area contributed by atoms with Gasteiger partial charge in [-0.2, -0.15) is 0 Å². The molecule has 1 amide bonds. The molecule has 0 unspecified atom stereocenters. The van der Waals surface area contributed by atoms with E-state index in [0.29, 0.717) is 42.6 Å². The topological polar surface area (TPSA) is 114 Å². The van der Waals surface area contributed by atoms with Gasteiger partial charge in [-0.05, 0) is 49.8 Å². The third-order valence-electron chi connectivity index (χ3n) is 6.23. The molecule has 1 saturated carbocycles. The van der Waals surface area contributed by atoms with Gasteiger partial charge in [0.1, 0.15) is 17.9 Å². The standard InChI is InChI=1S/C23H27N7O3/c1-32-21-20-16(8-9-24-21)4-7-19(29-20)28-17-5-2-15(3-6-17)12-25-22-26-13-18(14-27-22)30-10-11-33-23(30)31/h4,7-9,13-15,17H,2-3,5-6,10-12H2,1H3,(H,28,29)(H,25,26,27). The third-order valence-corrected chi connectivity index (χ3v) is 6.23. The summed E-state index contributed by atoms with van der Waals surface area (Å²) >= 11 is 0. The molecule has 0 aromatic carbocycles. The molecule has 4 heterocycles. The molecule has 0 radical (unpaired) electrons. The highest BCUT2D eigenvalue weighted by atomic mass is 16.6. The van der Waals surface area contributed by atoms with Gasteiger partial charge in [-0.25, -0.2) is 24.7 Å². The molecule has 1 aliphatic carbocycles. The van der Waals surface area contributed by atoms with E-state index in [-0.39, 0.29) is 6.09 Å². The van der Waals surface area contributed by atoms with Crippen molar-refractivity contribution in [3.63, 3.8) is 0 Å². The lowest BCUT2D eigenvalue weighted by atomic mass is 9.86. The molecule has 1 saturated heterocycles. The average molecular weight is 450 g/mol. The van der Waals surface area contributed by atoms with Crippen molar-refractivity contribution < 1.29 is 14.3 Å². The Morgan fingerprint density at radius 1 is 1.12 bits per heavy atom. The van der Waals surface area contributed by atoms with E-state index in [9.17, 15) is 4.79 Å². The van der Waals surface area contributed by atoms with Crippen molar-refractivity contribution in [1.82, 2.24) is 19.9 Å². The van der Waals surface area contributed by atoms with Crippen LogP contribution in [0.4, 0.5) is 22.2 Å². The summed E-state index contributed by atoms with van der Waals surface area (Å²) in [4.78, 5) is 30.8. The molecule has 2 fully saturated rings. The number of carbonyl (C=O) groups is 1. The predicted molar refractivity (Wildman–Crippen MR) is 125 cm³/mol. The molecule has 2 N–H and O–H groups in total. The van der Waals surface area contributed by atoms with Gasteiger partial charge >= 0.3 is 6.09 Å². The lowest BCUT2D eigenvalue weighted by Gasteiger charge is -2.29. The number of hydrogen-bond acceptors (Lipinski definition) is 9. The monoisotopic (exact) mass is 449 g/mol. The lowest BCUT2D eigenvalue weighted by Crippen LogP contribution is -2.29. The maximum Gasteiger partial charge on any atom is 0.414 e. The van der Waals surface area contributed by atoms with Gasteiger partial charge in [0.25, 0.3) is 0 Å². The number of amides is 1. The van der Waals surface area contributed by atoms with Gasteiger partial charge in [0.15, 0.2) is 0 Å². The minimum atomic E-state index is -0.348. The number of pyridine rings is 2. The van der Waals surface area contributed by atoms with Crippen LogP contribution in [0.15, 0.2) is 36.8 Å². The van der Waals surface area contributed by atoms with E-state index in [1.165, 1.54) is 4.90 Å². The number of anilines is 3. The summed E-state index contributed by atoms with van der Waals surface area (Å²) in [5.74, 6) is 2.54. The van der Waals surface area contributed by atoms with Crippen LogP contribution in [0.5, 0.6) is 5.88 Å². The van der Waals surface area contributed by atoms with Crippen molar-refractivity contribution in [2.24, 2.45) is 5.92 Å². The number of fused-ring (bicyclic) bond motifs is 1. The fraction of sp³-hybridized carbons (Fsp3) is 0.435. The van der Waals surface area contributed by atoms with Crippen molar-refractivity contribution in [2.45, 2.75) is 31.7 Å². The minimum absolute atomic E-state index is 0.348. The number of aromatic nitrogens is 4. The Balaban J connectivity index is 1.10. The van der Waals surface area contributed by atoms with Crippen molar-refractivity contribution in [2.75, 3.05) is 42.3 Å². The normalized spacial score (nSPS) is 20.5. The van der Waals surface area contributed by atoms with E-state index in [4.69, 9.17) is 14.5 Å². The number of ether oxygens (including phenoxy) is 2. The van der Waals surface area contributed by atoms with Gasteiger partial charge in [0.05, 0.1) is 31.7 Å². The summed E-state index contributed by atoms with van der Waals surface area (Å²) in [7, 11) is 1.61. The summed E-state index contributed by atoms with van der Waals surface area (Å²) in [6.45, 7) is 1.76. The number of methoxy groups -OCH3 is 1. The van der Waals surface area contributed by atoms with Crippen LogP contribution >= 0.6 is 0 Å². The highest BCUT2D eigenvalue weighted by Gasteiger charge is 2.24. The van der Waals surface area contributed by atoms with Gasteiger partial charge in [-0.1, -0.05) is 0 Å². The first-order chi connectivity index (χ1) is 16.2. The summed E-state index contributed by atoms with van der Waals surface area (Å²) in [5, 5.41) is 7.92. The van der Waals surface area contributed by atoms with E-state index < -0.39 is 0 Å². The SMILES string of the molecule is COc1nccc2ccc(NC3CCC(CNc4ncc(N5CCOC5=O)cn4)CC3)nc12. The number of rotatable bonds is 7. The van der Waals surface area contributed by atoms with Crippen LogP contribution in [0.2, 0.25) is 0 Å². The van der Waals surface area contributed by atoms with Crippen molar-refractivity contribution in [1.29, 1.82) is 0 Å². The third kappa shape index (κ3) is 4.74. The predicted octanol–water partition coefficient (Wildman–Crippen LogP) is 3.47. The summed E-state index contributed by atoms with van der Waals surface area (Å²) in [6.07, 6.45) is 9.07. The molecule has 10 nitrogen and oxygen atoms in total. The Kier molecular flexibility index (Phi) is 6.05. The van der Waals surface area contributed by atoms with Gasteiger partial charge in [-0.15, -0.1) is 0 Å². The second-order valence-electron chi connectivity index (χ2n) is 8.36. The van der Waals surface area contributed by atoms with Crippen molar-refractivity contribution >= 4 is 34.4 Å². The molecule has 0 bridgehead atoms. The molecule has 0 atom stereocenters. The Morgan fingerprint density at radius 3 is 2.67 bits per heavy atom. The van der Waals surface area contributed by atoms with E-state index >= 15 is 0 Å². The molecular weight excluding hydrogens is 422 g/mol. The molecule has 0 spiro atoms. The Bertz CT molecular complexity index is 1120. The largest absolute Gasteiger partial charge is 0.479 e. The zero-order valence-corrected chi connectivity index (χ0v) is 18.5.